The van der Waals surface area contributed by atoms with Crippen LogP contribution in [0, 0.1) is 0 Å². The van der Waals surface area contributed by atoms with Crippen LogP contribution in [-0.4, -0.2) is 37.6 Å². The van der Waals surface area contributed by atoms with Gasteiger partial charge in [-0.25, -0.2) is 4.79 Å². The van der Waals surface area contributed by atoms with Gasteiger partial charge in [-0.05, 0) is 51.1 Å². The lowest BCUT2D eigenvalue weighted by Gasteiger charge is -2.20. The molecule has 0 radical (unpaired) electrons. The quantitative estimate of drug-likeness (QED) is 0.695. The topological polar surface area (TPSA) is 29.5 Å². The summed E-state index contributed by atoms with van der Waals surface area (Å²) >= 11 is 0. The largest absolute Gasteiger partial charge is 0.459 e. The number of benzene rings is 2. The van der Waals surface area contributed by atoms with E-state index in [1.165, 1.54) is 5.56 Å². The van der Waals surface area contributed by atoms with Gasteiger partial charge in [0.25, 0.3) is 0 Å². The summed E-state index contributed by atoms with van der Waals surface area (Å²) in [5, 5.41) is 0. The molecule has 0 bridgehead atoms. The van der Waals surface area contributed by atoms with Crippen LogP contribution < -0.4 is 0 Å². The van der Waals surface area contributed by atoms with E-state index in [9.17, 15) is 4.79 Å². The van der Waals surface area contributed by atoms with Crippen LogP contribution in [0.1, 0.15) is 28.8 Å². The Kier molecular flexibility index (Phi) is 6.82. The van der Waals surface area contributed by atoms with E-state index in [1.807, 2.05) is 50.5 Å². The Morgan fingerprint density at radius 1 is 0.957 bits per heavy atom. The normalized spacial score (nSPS) is 12.1. The first-order valence-electron chi connectivity index (χ1n) is 8.10. The van der Waals surface area contributed by atoms with Gasteiger partial charge in [0.15, 0.2) is 0 Å². The molecule has 0 aliphatic carbocycles. The fraction of sp³-hybridized carbons (Fsp3) is 0.350. The van der Waals surface area contributed by atoms with E-state index < -0.39 is 0 Å². The smallest absolute Gasteiger partial charge is 0.338 e. The number of ether oxygens (including phenoxy) is 1. The van der Waals surface area contributed by atoms with E-state index in [0.717, 1.165) is 25.8 Å². The molecule has 0 saturated heterocycles. The molecule has 0 aliphatic heterocycles. The maximum absolute atomic E-state index is 12.3. The van der Waals surface area contributed by atoms with Crippen LogP contribution in [0.15, 0.2) is 60.7 Å². The highest BCUT2D eigenvalue weighted by atomic mass is 16.5. The Morgan fingerprint density at radius 2 is 1.57 bits per heavy atom. The third-order valence-electron chi connectivity index (χ3n) is 3.78. The molecule has 0 fully saturated rings. The number of hydrogen-bond donors (Lipinski definition) is 0. The van der Waals surface area contributed by atoms with Crippen LogP contribution >= 0.6 is 0 Å². The van der Waals surface area contributed by atoms with Gasteiger partial charge >= 0.3 is 5.97 Å². The molecule has 0 aromatic heterocycles. The summed E-state index contributed by atoms with van der Waals surface area (Å²) in [5.41, 5.74) is 1.89. The fourth-order valence-electron chi connectivity index (χ4n) is 2.43. The van der Waals surface area contributed by atoms with Crippen LogP contribution in [-0.2, 0) is 11.2 Å². The molecule has 2 aromatic rings. The lowest BCUT2D eigenvalue weighted by Crippen LogP contribution is -2.25. The van der Waals surface area contributed by atoms with Crippen LogP contribution in [0.5, 0.6) is 0 Å². The second-order valence-electron chi connectivity index (χ2n) is 6.01. The zero-order valence-electron chi connectivity index (χ0n) is 13.9. The van der Waals surface area contributed by atoms with Crippen molar-refractivity contribution >= 4 is 5.97 Å². The first-order valence-corrected chi connectivity index (χ1v) is 8.10. The molecule has 2 rings (SSSR count). The summed E-state index contributed by atoms with van der Waals surface area (Å²) in [7, 11) is 4.07. The molecular weight excluding hydrogens is 286 g/mol. The third kappa shape index (κ3) is 6.25. The minimum atomic E-state index is -0.234. The first kappa shape index (κ1) is 17.2. The predicted molar refractivity (Wildman–Crippen MR) is 93.6 cm³/mol. The second-order valence-corrected chi connectivity index (χ2v) is 6.01. The van der Waals surface area contributed by atoms with Crippen molar-refractivity contribution < 1.29 is 9.53 Å². The zero-order valence-corrected chi connectivity index (χ0v) is 13.9. The molecule has 0 heterocycles. The van der Waals surface area contributed by atoms with Crippen LogP contribution in [0.25, 0.3) is 0 Å². The molecule has 0 saturated carbocycles. The maximum atomic E-state index is 12.3. The van der Waals surface area contributed by atoms with Gasteiger partial charge in [-0.2, -0.15) is 0 Å². The Labute approximate surface area is 138 Å². The standard InChI is InChI=1S/C20H25NO2/c1-21(2)16-15-19(14-13-17-9-5-3-6-10-17)23-20(22)18-11-7-4-8-12-18/h3-12,19H,13-16H2,1-2H3/t19-/m0/s1. The van der Waals surface area contributed by atoms with Gasteiger partial charge in [-0.15, -0.1) is 0 Å². The molecule has 0 amide bonds. The predicted octanol–water partition coefficient (Wildman–Crippen LogP) is 3.80. The summed E-state index contributed by atoms with van der Waals surface area (Å²) in [4.78, 5) is 14.4. The lowest BCUT2D eigenvalue weighted by atomic mass is 10.0. The highest BCUT2D eigenvalue weighted by Crippen LogP contribution is 2.13. The van der Waals surface area contributed by atoms with E-state index in [2.05, 4.69) is 17.0 Å². The number of hydrogen-bond acceptors (Lipinski definition) is 3. The SMILES string of the molecule is CN(C)CC[C@H](CCc1ccccc1)OC(=O)c1ccccc1. The Bertz CT molecular complexity index is 581. The van der Waals surface area contributed by atoms with Gasteiger partial charge in [-0.1, -0.05) is 48.5 Å². The van der Waals surface area contributed by atoms with Gasteiger partial charge < -0.3 is 9.64 Å². The molecule has 2 aromatic carbocycles. The summed E-state index contributed by atoms with van der Waals surface area (Å²) in [6.45, 7) is 0.904. The number of carbonyl (C=O) groups is 1. The van der Waals surface area contributed by atoms with E-state index in [-0.39, 0.29) is 12.1 Å². The zero-order chi connectivity index (χ0) is 16.5. The number of rotatable bonds is 8. The summed E-state index contributed by atoms with van der Waals surface area (Å²) in [6.07, 6.45) is 2.54. The lowest BCUT2D eigenvalue weighted by molar-refractivity contribution is 0.0246. The van der Waals surface area contributed by atoms with Crippen molar-refractivity contribution in [2.45, 2.75) is 25.4 Å². The monoisotopic (exact) mass is 311 g/mol. The highest BCUT2D eigenvalue weighted by molar-refractivity contribution is 5.89. The van der Waals surface area contributed by atoms with Crippen LogP contribution in [0.4, 0.5) is 0 Å². The molecule has 3 nitrogen and oxygen atoms in total. The summed E-state index contributed by atoms with van der Waals surface area (Å²) in [6, 6.07) is 19.5. The number of esters is 1. The molecule has 0 N–H and O–H groups in total. The second kappa shape index (κ2) is 9.11. The summed E-state index contributed by atoms with van der Waals surface area (Å²) in [5.74, 6) is -0.234. The highest BCUT2D eigenvalue weighted by Gasteiger charge is 2.16. The van der Waals surface area contributed by atoms with Gasteiger partial charge in [0.05, 0.1) is 5.56 Å². The third-order valence-corrected chi connectivity index (χ3v) is 3.78. The van der Waals surface area contributed by atoms with Crippen LogP contribution in [0.2, 0.25) is 0 Å². The van der Waals surface area contributed by atoms with Gasteiger partial charge in [-0.3, -0.25) is 0 Å². The number of aryl methyl sites for hydroxylation is 1. The minimum Gasteiger partial charge on any atom is -0.459 e. The van der Waals surface area contributed by atoms with E-state index in [0.29, 0.717) is 5.56 Å². The average Bonchev–Trinajstić information content (AvgIpc) is 2.58. The summed E-state index contributed by atoms with van der Waals surface area (Å²) < 4.78 is 5.74. The Balaban J connectivity index is 1.94. The first-order chi connectivity index (χ1) is 11.1. The van der Waals surface area contributed by atoms with Gasteiger partial charge in [0.2, 0.25) is 0 Å². The number of nitrogens with zero attached hydrogens (tertiary/aromatic N) is 1. The number of carbonyl (C=O) groups excluding carboxylic acids is 1. The van der Waals surface area contributed by atoms with Gasteiger partial charge in [0.1, 0.15) is 6.10 Å². The molecule has 0 unspecified atom stereocenters. The van der Waals surface area contributed by atoms with Crippen molar-refractivity contribution in [2.24, 2.45) is 0 Å². The van der Waals surface area contributed by atoms with Gasteiger partial charge in [0, 0.05) is 6.54 Å². The molecular formula is C20H25NO2. The van der Waals surface area contributed by atoms with E-state index >= 15 is 0 Å². The Morgan fingerprint density at radius 3 is 2.17 bits per heavy atom. The van der Waals surface area contributed by atoms with Crippen molar-refractivity contribution in [3.63, 3.8) is 0 Å². The molecule has 23 heavy (non-hydrogen) atoms. The molecule has 122 valence electrons. The van der Waals surface area contributed by atoms with Crippen molar-refractivity contribution in [3.8, 4) is 0 Å². The maximum Gasteiger partial charge on any atom is 0.338 e. The molecule has 0 spiro atoms. The molecule has 3 heteroatoms. The van der Waals surface area contributed by atoms with Crippen molar-refractivity contribution in [1.29, 1.82) is 0 Å². The Hall–Kier alpha value is -2.13. The average molecular weight is 311 g/mol. The van der Waals surface area contributed by atoms with Crippen molar-refractivity contribution in [1.82, 2.24) is 4.90 Å². The minimum absolute atomic E-state index is 0.0645. The van der Waals surface area contributed by atoms with Crippen LogP contribution in [0.3, 0.4) is 0 Å². The van der Waals surface area contributed by atoms with E-state index in [4.69, 9.17) is 4.74 Å². The molecule has 1 atom stereocenters. The van der Waals surface area contributed by atoms with Crippen molar-refractivity contribution in [3.05, 3.63) is 71.8 Å². The fourth-order valence-corrected chi connectivity index (χ4v) is 2.43. The molecule has 0 aliphatic rings. The van der Waals surface area contributed by atoms with Crippen molar-refractivity contribution in [2.75, 3.05) is 20.6 Å². The van der Waals surface area contributed by atoms with E-state index in [1.54, 1.807) is 12.1 Å².